The van der Waals surface area contributed by atoms with Crippen LogP contribution in [0.15, 0.2) is 237 Å². The molecule has 0 amide bonds. The van der Waals surface area contributed by atoms with E-state index in [1.807, 2.05) is 0 Å². The van der Waals surface area contributed by atoms with Crippen molar-refractivity contribution in [1.29, 1.82) is 0 Å². The minimum Gasteiger partial charge on any atom is -0.456 e. The van der Waals surface area contributed by atoms with Gasteiger partial charge in [-0.25, -0.2) is 0 Å². The summed E-state index contributed by atoms with van der Waals surface area (Å²) in [6, 6.07) is 88.5. The summed E-state index contributed by atoms with van der Waals surface area (Å²) in [5.74, 6) is 1.71. The highest BCUT2D eigenvalue weighted by atomic mass is 16.5. The molecule has 2 heteroatoms. The Hall–Kier alpha value is -8.72. The van der Waals surface area contributed by atoms with Crippen molar-refractivity contribution in [2.45, 2.75) is 24.7 Å². The van der Waals surface area contributed by atoms with Crippen LogP contribution in [-0.4, -0.2) is 0 Å². The Labute approximate surface area is 408 Å². The molecule has 70 heavy (non-hydrogen) atoms. The SMILES string of the molecule is CC1(C)c2ccccc2-c2ccc(N(c3ccc4c(c3)-c3ccccc3Oc3ccccc3-4)c3ccc4c(c3)-c3ccccc3-c3ccccc3C43c4ccccc4-c4cc5ccccc5cc43)cc21. The predicted octanol–water partition coefficient (Wildman–Crippen LogP) is 18.1. The first-order chi connectivity index (χ1) is 34.5. The molecule has 2 nitrogen and oxygen atoms in total. The molecular formula is C68H45NO. The maximum atomic E-state index is 6.70. The van der Waals surface area contributed by atoms with Gasteiger partial charge >= 0.3 is 0 Å². The first-order valence-corrected chi connectivity index (χ1v) is 24.5. The monoisotopic (exact) mass is 891 g/mol. The third-order valence-electron chi connectivity index (χ3n) is 16.1. The van der Waals surface area contributed by atoms with Crippen molar-refractivity contribution in [3.05, 3.63) is 270 Å². The Morgan fingerprint density at radius 1 is 0.271 bits per heavy atom. The van der Waals surface area contributed by atoms with E-state index in [0.29, 0.717) is 0 Å². The fourth-order valence-corrected chi connectivity index (χ4v) is 13.0. The molecule has 0 bridgehead atoms. The van der Waals surface area contributed by atoms with Crippen molar-refractivity contribution in [3.8, 4) is 78.3 Å². The quantitative estimate of drug-likeness (QED) is 0.175. The van der Waals surface area contributed by atoms with E-state index in [1.165, 1.54) is 88.7 Å². The second-order valence-electron chi connectivity index (χ2n) is 19.9. The van der Waals surface area contributed by atoms with Crippen LogP contribution in [0.2, 0.25) is 0 Å². The van der Waals surface area contributed by atoms with Crippen molar-refractivity contribution < 1.29 is 4.74 Å². The van der Waals surface area contributed by atoms with E-state index >= 15 is 0 Å². The van der Waals surface area contributed by atoms with E-state index in [1.54, 1.807) is 0 Å². The van der Waals surface area contributed by atoms with Crippen molar-refractivity contribution >= 4 is 27.8 Å². The Balaban J connectivity index is 1.03. The van der Waals surface area contributed by atoms with Crippen molar-refractivity contribution in [2.24, 2.45) is 0 Å². The highest BCUT2D eigenvalue weighted by Crippen LogP contribution is 2.63. The van der Waals surface area contributed by atoms with Gasteiger partial charge in [-0.15, -0.1) is 0 Å². The van der Waals surface area contributed by atoms with E-state index in [9.17, 15) is 0 Å². The van der Waals surface area contributed by atoms with Crippen LogP contribution in [0, 0.1) is 0 Å². The topological polar surface area (TPSA) is 12.5 Å². The van der Waals surface area contributed by atoms with Crippen molar-refractivity contribution in [3.63, 3.8) is 0 Å². The van der Waals surface area contributed by atoms with Gasteiger partial charge in [-0.1, -0.05) is 190 Å². The lowest BCUT2D eigenvalue weighted by molar-refractivity contribution is 0.488. The number of para-hydroxylation sites is 2. The Bertz CT molecular complexity index is 4040. The predicted molar refractivity (Wildman–Crippen MR) is 289 cm³/mol. The minimum atomic E-state index is -0.602. The first-order valence-electron chi connectivity index (χ1n) is 24.5. The summed E-state index contributed by atoms with van der Waals surface area (Å²) in [6.45, 7) is 4.75. The fourth-order valence-electron chi connectivity index (χ4n) is 13.0. The zero-order valence-corrected chi connectivity index (χ0v) is 38.9. The largest absolute Gasteiger partial charge is 0.456 e. The second kappa shape index (κ2) is 14.4. The fraction of sp³-hybridized carbons (Fsp3) is 0.0588. The average molecular weight is 892 g/mol. The zero-order valence-electron chi connectivity index (χ0n) is 38.9. The number of rotatable bonds is 3. The van der Waals surface area contributed by atoms with E-state index in [2.05, 4.69) is 255 Å². The van der Waals surface area contributed by atoms with Crippen LogP contribution >= 0.6 is 0 Å². The lowest BCUT2D eigenvalue weighted by Crippen LogP contribution is -2.29. The Morgan fingerprint density at radius 3 is 1.34 bits per heavy atom. The number of ether oxygens (including phenoxy) is 1. The van der Waals surface area contributed by atoms with Crippen LogP contribution in [0.5, 0.6) is 11.5 Å². The van der Waals surface area contributed by atoms with Crippen LogP contribution in [-0.2, 0) is 10.8 Å². The average Bonchev–Trinajstić information content (AvgIpc) is 3.70. The summed E-state index contributed by atoms with van der Waals surface area (Å²) in [5.41, 5.74) is 25.0. The van der Waals surface area contributed by atoms with E-state index < -0.39 is 5.41 Å². The van der Waals surface area contributed by atoms with Gasteiger partial charge in [-0.3, -0.25) is 0 Å². The molecular weight excluding hydrogens is 847 g/mol. The number of fused-ring (bicyclic) bond motifs is 21. The lowest BCUT2D eigenvalue weighted by atomic mass is 9.65. The number of hydrogen-bond donors (Lipinski definition) is 0. The number of anilines is 3. The number of hydrogen-bond acceptors (Lipinski definition) is 2. The molecule has 0 saturated carbocycles. The van der Waals surface area contributed by atoms with Crippen LogP contribution in [0.4, 0.5) is 17.1 Å². The Kier molecular flexibility index (Phi) is 8.08. The normalized spacial score (nSPS) is 15.6. The molecule has 11 aromatic carbocycles. The van der Waals surface area contributed by atoms with Crippen LogP contribution in [0.25, 0.3) is 77.5 Å². The summed E-state index contributed by atoms with van der Waals surface area (Å²) >= 11 is 0. The molecule has 15 rings (SSSR count). The van der Waals surface area contributed by atoms with E-state index in [4.69, 9.17) is 4.74 Å². The number of benzene rings is 11. The first kappa shape index (κ1) is 39.3. The summed E-state index contributed by atoms with van der Waals surface area (Å²) in [6.07, 6.45) is 0. The standard InChI is InChI=1S/C68H45NO/c1-67(2)59-26-12-7-22-51(59)53-35-32-46(41-63(53)67)69(44-31-34-49-54-24-10-15-29-65(54)70-66-30-16-11-25-55(66)56(49)39-44)45-33-36-62-58(40-45)48-20-6-5-19-47(48)50-21-8-13-27-60(50)68(62)61-28-14-9-23-52(61)57-37-42-17-3-4-18-43(42)38-64(57)68/h3-41H,1-2H3. The molecule has 3 aliphatic carbocycles. The van der Waals surface area contributed by atoms with Crippen molar-refractivity contribution in [2.75, 3.05) is 4.90 Å². The van der Waals surface area contributed by atoms with Gasteiger partial charge in [-0.2, -0.15) is 0 Å². The van der Waals surface area contributed by atoms with Gasteiger partial charge in [0.25, 0.3) is 0 Å². The molecule has 1 spiro atoms. The minimum absolute atomic E-state index is 0.181. The smallest absolute Gasteiger partial charge is 0.135 e. The Morgan fingerprint density at radius 2 is 0.671 bits per heavy atom. The summed E-state index contributed by atoms with van der Waals surface area (Å²) in [5, 5.41) is 2.50. The summed E-state index contributed by atoms with van der Waals surface area (Å²) in [4.78, 5) is 2.50. The van der Waals surface area contributed by atoms with Crippen LogP contribution < -0.4 is 9.64 Å². The van der Waals surface area contributed by atoms with Gasteiger partial charge in [0.15, 0.2) is 0 Å². The molecule has 328 valence electrons. The van der Waals surface area contributed by atoms with Gasteiger partial charge in [0.1, 0.15) is 11.5 Å². The molecule has 0 radical (unpaired) electrons. The molecule has 0 fully saturated rings. The third kappa shape index (κ3) is 5.28. The van der Waals surface area contributed by atoms with E-state index in [-0.39, 0.29) is 5.41 Å². The van der Waals surface area contributed by atoms with Crippen LogP contribution in [0.1, 0.15) is 47.2 Å². The third-order valence-corrected chi connectivity index (χ3v) is 16.1. The molecule has 11 aromatic rings. The zero-order chi connectivity index (χ0) is 46.3. The highest BCUT2D eigenvalue weighted by molar-refractivity contribution is 6.02. The molecule has 4 aliphatic rings. The van der Waals surface area contributed by atoms with Gasteiger partial charge in [0, 0.05) is 33.6 Å². The molecule has 0 aromatic heterocycles. The lowest BCUT2D eigenvalue weighted by Gasteiger charge is -2.36. The molecule has 1 unspecified atom stereocenters. The van der Waals surface area contributed by atoms with Crippen LogP contribution in [0.3, 0.4) is 0 Å². The number of nitrogens with zero attached hydrogens (tertiary/aromatic N) is 1. The molecule has 0 saturated heterocycles. The molecule has 1 heterocycles. The van der Waals surface area contributed by atoms with Gasteiger partial charge in [0.2, 0.25) is 0 Å². The summed E-state index contributed by atoms with van der Waals surface area (Å²) in [7, 11) is 0. The second-order valence-corrected chi connectivity index (χ2v) is 19.9. The van der Waals surface area contributed by atoms with Gasteiger partial charge < -0.3 is 9.64 Å². The highest BCUT2D eigenvalue weighted by Gasteiger charge is 2.50. The van der Waals surface area contributed by atoms with Gasteiger partial charge in [-0.05, 0) is 160 Å². The summed E-state index contributed by atoms with van der Waals surface area (Å²) < 4.78 is 6.70. The van der Waals surface area contributed by atoms with Crippen molar-refractivity contribution in [1.82, 2.24) is 0 Å². The maximum absolute atomic E-state index is 6.70. The van der Waals surface area contributed by atoms with E-state index in [0.717, 1.165) is 50.8 Å². The maximum Gasteiger partial charge on any atom is 0.135 e. The molecule has 0 N–H and O–H groups in total. The molecule has 1 atom stereocenters. The molecule has 1 aliphatic heterocycles. The van der Waals surface area contributed by atoms with Gasteiger partial charge in [0.05, 0.1) is 5.41 Å².